The van der Waals surface area contributed by atoms with Crippen LogP contribution < -0.4 is 5.32 Å². The summed E-state index contributed by atoms with van der Waals surface area (Å²) in [5.74, 6) is 0.360. The van der Waals surface area contributed by atoms with E-state index < -0.39 is 0 Å². The highest BCUT2D eigenvalue weighted by atomic mass is 19.1. The number of halogens is 1. The van der Waals surface area contributed by atoms with Gasteiger partial charge < -0.3 is 5.32 Å². The molecule has 0 bridgehead atoms. The summed E-state index contributed by atoms with van der Waals surface area (Å²) < 4.78 is 13.8. The largest absolute Gasteiger partial charge is 0.315 e. The molecule has 1 saturated heterocycles. The van der Waals surface area contributed by atoms with Crippen LogP contribution in [0.1, 0.15) is 48.9 Å². The van der Waals surface area contributed by atoms with Crippen LogP contribution in [0.2, 0.25) is 0 Å². The zero-order valence-electron chi connectivity index (χ0n) is 14.6. The maximum Gasteiger partial charge on any atom is 0.123 e. The van der Waals surface area contributed by atoms with Gasteiger partial charge in [-0.3, -0.25) is 4.90 Å². The van der Waals surface area contributed by atoms with Crippen LogP contribution >= 0.6 is 0 Å². The van der Waals surface area contributed by atoms with Gasteiger partial charge in [-0.1, -0.05) is 50.2 Å². The van der Waals surface area contributed by atoms with E-state index in [0.29, 0.717) is 5.92 Å². The lowest BCUT2D eigenvalue weighted by molar-refractivity contribution is 0.240. The highest BCUT2D eigenvalue weighted by Crippen LogP contribution is 2.30. The van der Waals surface area contributed by atoms with Gasteiger partial charge >= 0.3 is 0 Å². The molecule has 1 unspecified atom stereocenters. The monoisotopic (exact) mass is 326 g/mol. The Balaban J connectivity index is 1.97. The van der Waals surface area contributed by atoms with Crippen LogP contribution in [-0.2, 0) is 0 Å². The van der Waals surface area contributed by atoms with E-state index in [1.54, 1.807) is 6.07 Å². The second kappa shape index (κ2) is 7.91. The molecule has 0 spiro atoms. The maximum absolute atomic E-state index is 13.8. The summed E-state index contributed by atoms with van der Waals surface area (Å²) in [7, 11) is 0. The Kier molecular flexibility index (Phi) is 5.64. The van der Waals surface area contributed by atoms with E-state index in [-0.39, 0.29) is 11.9 Å². The van der Waals surface area contributed by atoms with Gasteiger partial charge in [0.15, 0.2) is 0 Å². The van der Waals surface area contributed by atoms with Gasteiger partial charge in [-0.25, -0.2) is 4.39 Å². The fourth-order valence-corrected chi connectivity index (χ4v) is 3.48. The van der Waals surface area contributed by atoms with Gasteiger partial charge in [-0.15, -0.1) is 0 Å². The van der Waals surface area contributed by atoms with Crippen LogP contribution in [0.5, 0.6) is 0 Å². The van der Waals surface area contributed by atoms with Crippen LogP contribution in [0.3, 0.4) is 0 Å². The lowest BCUT2D eigenvalue weighted by atomic mass is 9.94. The first-order valence-electron chi connectivity index (χ1n) is 8.95. The first kappa shape index (κ1) is 17.1. The van der Waals surface area contributed by atoms with Gasteiger partial charge in [0.05, 0.1) is 6.04 Å². The number of nitrogens with one attached hydrogen (secondary N) is 1. The molecule has 2 aromatic carbocycles. The SMILES string of the molecule is CC(C)c1ccc(C(c2cccc(F)c2)N2CCCNCC2)cc1. The van der Waals surface area contributed by atoms with Gasteiger partial charge in [0, 0.05) is 19.6 Å². The minimum atomic E-state index is -0.163. The number of hydrogen-bond acceptors (Lipinski definition) is 2. The molecule has 3 rings (SSSR count). The molecule has 0 radical (unpaired) electrons. The summed E-state index contributed by atoms with van der Waals surface area (Å²) in [6.45, 7) is 8.46. The second-order valence-corrected chi connectivity index (χ2v) is 6.92. The Bertz CT molecular complexity index is 643. The van der Waals surface area contributed by atoms with Crippen LogP contribution in [0, 0.1) is 5.82 Å². The quantitative estimate of drug-likeness (QED) is 0.899. The van der Waals surface area contributed by atoms with Crippen LogP contribution in [-0.4, -0.2) is 31.1 Å². The summed E-state index contributed by atoms with van der Waals surface area (Å²) >= 11 is 0. The van der Waals surface area contributed by atoms with Gasteiger partial charge in [0.2, 0.25) is 0 Å². The summed E-state index contributed by atoms with van der Waals surface area (Å²) in [5.41, 5.74) is 3.62. The standard InChI is InChI=1S/C21H27FN2/c1-16(2)17-7-9-18(10-8-17)21(19-5-3-6-20(22)15-19)24-13-4-11-23-12-14-24/h3,5-10,15-16,21,23H,4,11-14H2,1-2H3. The maximum atomic E-state index is 13.8. The topological polar surface area (TPSA) is 15.3 Å². The Hall–Kier alpha value is -1.71. The zero-order chi connectivity index (χ0) is 16.9. The summed E-state index contributed by atoms with van der Waals surface area (Å²) in [5, 5.41) is 3.45. The fraction of sp³-hybridized carbons (Fsp3) is 0.429. The van der Waals surface area contributed by atoms with Crippen molar-refractivity contribution in [3.05, 3.63) is 71.0 Å². The first-order chi connectivity index (χ1) is 11.6. The van der Waals surface area contributed by atoms with E-state index in [1.807, 2.05) is 12.1 Å². The molecule has 3 heteroatoms. The molecule has 1 fully saturated rings. The number of benzene rings is 2. The predicted molar refractivity (Wildman–Crippen MR) is 97.8 cm³/mol. The van der Waals surface area contributed by atoms with Crippen molar-refractivity contribution in [3.8, 4) is 0 Å². The first-order valence-corrected chi connectivity index (χ1v) is 8.95. The minimum absolute atomic E-state index is 0.113. The number of nitrogens with zero attached hydrogens (tertiary/aromatic N) is 1. The molecule has 1 N–H and O–H groups in total. The van der Waals surface area contributed by atoms with Crippen molar-refractivity contribution in [2.45, 2.75) is 32.2 Å². The highest BCUT2D eigenvalue weighted by molar-refractivity contribution is 5.34. The summed E-state index contributed by atoms with van der Waals surface area (Å²) in [6, 6.07) is 16.0. The molecule has 0 amide bonds. The van der Waals surface area contributed by atoms with Crippen LogP contribution in [0.15, 0.2) is 48.5 Å². The van der Waals surface area contributed by atoms with Gasteiger partial charge in [0.25, 0.3) is 0 Å². The van der Waals surface area contributed by atoms with Crippen molar-refractivity contribution >= 4 is 0 Å². The average Bonchev–Trinajstić information content (AvgIpc) is 2.85. The molecule has 2 nitrogen and oxygen atoms in total. The van der Waals surface area contributed by atoms with Crippen LogP contribution in [0.4, 0.5) is 4.39 Å². The molecule has 1 aliphatic heterocycles. The van der Waals surface area contributed by atoms with E-state index >= 15 is 0 Å². The molecule has 1 heterocycles. The molecule has 1 aliphatic rings. The van der Waals surface area contributed by atoms with Crippen molar-refractivity contribution in [2.75, 3.05) is 26.2 Å². The number of hydrogen-bond donors (Lipinski definition) is 1. The van der Waals surface area contributed by atoms with Crippen molar-refractivity contribution in [3.63, 3.8) is 0 Å². The van der Waals surface area contributed by atoms with E-state index in [9.17, 15) is 4.39 Å². The van der Waals surface area contributed by atoms with Gasteiger partial charge in [0.1, 0.15) is 5.82 Å². The number of rotatable bonds is 4. The molecule has 2 aromatic rings. The third kappa shape index (κ3) is 4.03. The van der Waals surface area contributed by atoms with E-state index in [2.05, 4.69) is 48.3 Å². The molecule has 24 heavy (non-hydrogen) atoms. The Morgan fingerprint density at radius 3 is 2.38 bits per heavy atom. The molecule has 128 valence electrons. The molecule has 1 atom stereocenters. The highest BCUT2D eigenvalue weighted by Gasteiger charge is 2.23. The van der Waals surface area contributed by atoms with Crippen molar-refractivity contribution in [1.82, 2.24) is 10.2 Å². The smallest absolute Gasteiger partial charge is 0.123 e. The van der Waals surface area contributed by atoms with Crippen LogP contribution in [0.25, 0.3) is 0 Å². The molecular weight excluding hydrogens is 299 g/mol. The Labute approximate surface area is 144 Å². The summed E-state index contributed by atoms with van der Waals surface area (Å²) in [4.78, 5) is 2.47. The molecule has 0 saturated carbocycles. The van der Waals surface area contributed by atoms with E-state index in [4.69, 9.17) is 0 Å². The van der Waals surface area contributed by atoms with Gasteiger partial charge in [-0.2, -0.15) is 0 Å². The molecule has 0 aromatic heterocycles. The lowest BCUT2D eigenvalue weighted by Crippen LogP contribution is -2.33. The van der Waals surface area contributed by atoms with Crippen molar-refractivity contribution in [1.29, 1.82) is 0 Å². The normalized spacial score (nSPS) is 17.7. The fourth-order valence-electron chi connectivity index (χ4n) is 3.48. The van der Waals surface area contributed by atoms with E-state index in [0.717, 1.165) is 38.2 Å². The van der Waals surface area contributed by atoms with E-state index in [1.165, 1.54) is 17.2 Å². The molecular formula is C21H27FN2. The molecule has 0 aliphatic carbocycles. The Morgan fingerprint density at radius 1 is 0.917 bits per heavy atom. The van der Waals surface area contributed by atoms with Crippen molar-refractivity contribution in [2.24, 2.45) is 0 Å². The average molecular weight is 326 g/mol. The Morgan fingerprint density at radius 2 is 1.67 bits per heavy atom. The third-order valence-corrected chi connectivity index (χ3v) is 4.82. The third-order valence-electron chi connectivity index (χ3n) is 4.82. The van der Waals surface area contributed by atoms with Crippen molar-refractivity contribution < 1.29 is 4.39 Å². The zero-order valence-corrected chi connectivity index (χ0v) is 14.6. The van der Waals surface area contributed by atoms with Gasteiger partial charge in [-0.05, 0) is 47.7 Å². The predicted octanol–water partition coefficient (Wildman–Crippen LogP) is 4.33. The lowest BCUT2D eigenvalue weighted by Gasteiger charge is -2.31. The summed E-state index contributed by atoms with van der Waals surface area (Å²) in [6.07, 6.45) is 1.12. The minimum Gasteiger partial charge on any atom is -0.315 e. The second-order valence-electron chi connectivity index (χ2n) is 6.92.